The van der Waals surface area contributed by atoms with Crippen molar-refractivity contribution in [2.24, 2.45) is 0 Å². The molecule has 0 aromatic carbocycles. The van der Waals surface area contributed by atoms with Crippen molar-refractivity contribution in [1.82, 2.24) is 19.5 Å². The summed E-state index contributed by atoms with van der Waals surface area (Å²) >= 11 is 2.18. The molecule has 0 bridgehead atoms. The van der Waals surface area contributed by atoms with Crippen LogP contribution in [0.1, 0.15) is 19.7 Å². The fourth-order valence-corrected chi connectivity index (χ4v) is 3.54. The second kappa shape index (κ2) is 5.27. The van der Waals surface area contributed by atoms with Crippen LogP contribution in [0.3, 0.4) is 0 Å². The lowest BCUT2D eigenvalue weighted by atomic mass is 10.1. The topological polar surface area (TPSA) is 65.3 Å². The van der Waals surface area contributed by atoms with E-state index in [9.17, 15) is 0 Å². The van der Waals surface area contributed by atoms with Crippen molar-refractivity contribution in [2.75, 3.05) is 37.8 Å². The van der Waals surface area contributed by atoms with Crippen LogP contribution in [-0.4, -0.2) is 52.4 Å². The molecule has 22 heavy (non-hydrogen) atoms. The molecule has 0 unspecified atom stereocenters. The van der Waals surface area contributed by atoms with Gasteiger partial charge in [-0.3, -0.25) is 0 Å². The highest BCUT2D eigenvalue weighted by Crippen LogP contribution is 2.33. The van der Waals surface area contributed by atoms with Gasteiger partial charge in [0.25, 0.3) is 0 Å². The Balaban J connectivity index is 1.92. The summed E-state index contributed by atoms with van der Waals surface area (Å²) in [5.41, 5.74) is 1.38. The minimum atomic E-state index is -0.396. The van der Waals surface area contributed by atoms with Crippen LogP contribution in [0.2, 0.25) is 0 Å². The molecule has 0 saturated carbocycles. The van der Waals surface area contributed by atoms with E-state index in [1.807, 2.05) is 0 Å². The van der Waals surface area contributed by atoms with Crippen molar-refractivity contribution in [1.29, 1.82) is 0 Å². The maximum Gasteiger partial charge on any atom is 0.194 e. The summed E-state index contributed by atoms with van der Waals surface area (Å²) in [4.78, 5) is 16.4. The van der Waals surface area contributed by atoms with Crippen molar-refractivity contribution in [2.45, 2.75) is 26.0 Å². The summed E-state index contributed by atoms with van der Waals surface area (Å²) in [6.07, 6.45) is 0. The molecule has 0 amide bonds. The number of rotatable bonds is 1. The first-order valence-electron chi connectivity index (χ1n) is 7.47. The fraction of sp³-hybridized carbons (Fsp3) is 0.643. The van der Waals surface area contributed by atoms with E-state index in [1.165, 1.54) is 0 Å². The zero-order valence-corrected chi connectivity index (χ0v) is 14.8. The van der Waals surface area contributed by atoms with Gasteiger partial charge in [0.2, 0.25) is 0 Å². The number of imidazole rings is 1. The van der Waals surface area contributed by atoms with Gasteiger partial charge in [-0.05, 0) is 13.8 Å². The molecule has 4 rings (SSSR count). The smallest absolute Gasteiger partial charge is 0.194 e. The Morgan fingerprint density at radius 3 is 2.59 bits per heavy atom. The number of nitrogens with zero attached hydrogens (tertiary/aromatic N) is 5. The van der Waals surface area contributed by atoms with Gasteiger partial charge in [0, 0.05) is 42.2 Å². The van der Waals surface area contributed by atoms with Crippen LogP contribution < -0.4 is 4.90 Å². The second-order valence-corrected chi connectivity index (χ2v) is 7.00. The van der Waals surface area contributed by atoms with Crippen molar-refractivity contribution in [3.8, 4) is 0 Å². The third kappa shape index (κ3) is 2.28. The molecule has 1 saturated heterocycles. The Hall–Kier alpha value is -1.000. The van der Waals surface area contributed by atoms with Gasteiger partial charge >= 0.3 is 0 Å². The highest BCUT2D eigenvalue weighted by atomic mass is 127. The molecule has 0 N–H and O–H groups in total. The van der Waals surface area contributed by atoms with E-state index in [0.29, 0.717) is 6.61 Å². The monoisotopic (exact) mass is 415 g/mol. The highest BCUT2D eigenvalue weighted by molar-refractivity contribution is 14.1. The maximum absolute atomic E-state index is 5.87. The fourth-order valence-electron chi connectivity index (χ4n) is 3.08. The standard InChI is InChI=1S/C14H18IN5O2/c1-14(2)12-16-9-10(19-3-6-21-7-4-19)17-13(15)18-11(9)20(12)5-8-22-14/h3-8H2,1-2H3. The molecule has 0 radical (unpaired) electrons. The molecule has 2 aliphatic heterocycles. The van der Waals surface area contributed by atoms with Crippen LogP contribution in [0, 0.1) is 3.83 Å². The largest absolute Gasteiger partial charge is 0.378 e. The van der Waals surface area contributed by atoms with Crippen LogP contribution in [0.4, 0.5) is 5.82 Å². The minimum Gasteiger partial charge on any atom is -0.378 e. The lowest BCUT2D eigenvalue weighted by Crippen LogP contribution is -2.37. The lowest BCUT2D eigenvalue weighted by molar-refractivity contribution is -0.0530. The van der Waals surface area contributed by atoms with Gasteiger partial charge in [-0.15, -0.1) is 0 Å². The van der Waals surface area contributed by atoms with Crippen LogP contribution in [0.15, 0.2) is 0 Å². The molecule has 0 spiro atoms. The average Bonchev–Trinajstić information content (AvgIpc) is 2.87. The molecule has 2 aromatic heterocycles. The van der Waals surface area contributed by atoms with Crippen molar-refractivity contribution in [3.63, 3.8) is 0 Å². The van der Waals surface area contributed by atoms with Gasteiger partial charge < -0.3 is 18.9 Å². The van der Waals surface area contributed by atoms with E-state index in [2.05, 4.69) is 55.9 Å². The summed E-state index contributed by atoms with van der Waals surface area (Å²) in [5, 5.41) is 0. The normalized spacial score (nSPS) is 21.1. The molecular formula is C14H18IN5O2. The molecular weight excluding hydrogens is 397 g/mol. The Morgan fingerprint density at radius 1 is 1.05 bits per heavy atom. The van der Waals surface area contributed by atoms with Gasteiger partial charge in [0.05, 0.1) is 19.8 Å². The Labute approximate surface area is 142 Å². The predicted molar refractivity (Wildman–Crippen MR) is 90.1 cm³/mol. The Kier molecular flexibility index (Phi) is 3.50. The zero-order chi connectivity index (χ0) is 15.3. The third-order valence-electron chi connectivity index (χ3n) is 4.18. The molecule has 8 heteroatoms. The number of hydrogen-bond acceptors (Lipinski definition) is 6. The molecule has 0 atom stereocenters. The number of anilines is 1. The molecule has 7 nitrogen and oxygen atoms in total. The Morgan fingerprint density at radius 2 is 1.82 bits per heavy atom. The summed E-state index contributed by atoms with van der Waals surface area (Å²) < 4.78 is 14.2. The number of fused-ring (bicyclic) bond motifs is 3. The van der Waals surface area contributed by atoms with E-state index in [1.54, 1.807) is 0 Å². The quantitative estimate of drug-likeness (QED) is 0.520. The first-order valence-corrected chi connectivity index (χ1v) is 8.55. The highest BCUT2D eigenvalue weighted by Gasteiger charge is 2.34. The number of halogens is 1. The Bertz CT molecular complexity index is 724. The average molecular weight is 415 g/mol. The second-order valence-electron chi connectivity index (χ2n) is 6.03. The third-order valence-corrected chi connectivity index (χ3v) is 4.66. The minimum absolute atomic E-state index is 0.396. The van der Waals surface area contributed by atoms with Crippen LogP contribution in [0.25, 0.3) is 11.2 Å². The summed E-state index contributed by atoms with van der Waals surface area (Å²) in [7, 11) is 0. The van der Waals surface area contributed by atoms with E-state index in [-0.39, 0.29) is 0 Å². The first-order chi connectivity index (χ1) is 10.6. The number of aromatic nitrogens is 4. The van der Waals surface area contributed by atoms with Crippen molar-refractivity contribution >= 4 is 39.6 Å². The lowest BCUT2D eigenvalue weighted by Gasteiger charge is -2.30. The van der Waals surface area contributed by atoms with E-state index < -0.39 is 5.60 Å². The van der Waals surface area contributed by atoms with E-state index in [4.69, 9.17) is 14.5 Å². The van der Waals surface area contributed by atoms with Gasteiger partial charge in [-0.2, -0.15) is 0 Å². The zero-order valence-electron chi connectivity index (χ0n) is 12.7. The molecule has 0 aliphatic carbocycles. The van der Waals surface area contributed by atoms with Crippen LogP contribution in [0.5, 0.6) is 0 Å². The van der Waals surface area contributed by atoms with Crippen LogP contribution in [-0.2, 0) is 21.6 Å². The number of ether oxygens (including phenoxy) is 2. The summed E-state index contributed by atoms with van der Waals surface area (Å²) in [5.74, 6) is 1.84. The number of morpholine rings is 1. The van der Waals surface area contributed by atoms with Crippen LogP contribution >= 0.6 is 22.6 Å². The van der Waals surface area contributed by atoms with Gasteiger partial charge in [-0.1, -0.05) is 0 Å². The van der Waals surface area contributed by atoms with Gasteiger partial charge in [0.1, 0.15) is 11.4 Å². The summed E-state index contributed by atoms with van der Waals surface area (Å²) in [6, 6.07) is 0. The maximum atomic E-state index is 5.87. The predicted octanol–water partition coefficient (Wildman–Crippen LogP) is 1.53. The molecule has 2 aromatic rings. The van der Waals surface area contributed by atoms with Crippen molar-refractivity contribution < 1.29 is 9.47 Å². The van der Waals surface area contributed by atoms with E-state index in [0.717, 1.165) is 59.5 Å². The molecule has 4 heterocycles. The first kappa shape index (κ1) is 14.6. The van der Waals surface area contributed by atoms with Gasteiger partial charge in [-0.25, -0.2) is 15.0 Å². The molecule has 2 aliphatic rings. The SMILES string of the molecule is CC1(C)OCCn2c1nc1c(N3CCOCC3)nc(I)nc12. The summed E-state index contributed by atoms with van der Waals surface area (Å²) in [6.45, 7) is 8.69. The van der Waals surface area contributed by atoms with E-state index >= 15 is 0 Å². The van der Waals surface area contributed by atoms with Gasteiger partial charge in [0.15, 0.2) is 20.8 Å². The molecule has 118 valence electrons. The number of hydrogen-bond donors (Lipinski definition) is 0. The molecule has 1 fully saturated rings. The van der Waals surface area contributed by atoms with Crippen molar-refractivity contribution in [3.05, 3.63) is 9.66 Å².